The highest BCUT2D eigenvalue weighted by Gasteiger charge is 2.10. The molecule has 7 heteroatoms. The molecule has 2 aromatic rings. The Morgan fingerprint density at radius 2 is 1.21 bits per heavy atom. The van der Waals surface area contributed by atoms with E-state index < -0.39 is 11.6 Å². The van der Waals surface area contributed by atoms with Crippen LogP contribution in [0, 0.1) is 11.6 Å². The average Bonchev–Trinajstić information content (AvgIpc) is 2.34. The van der Waals surface area contributed by atoms with Crippen molar-refractivity contribution in [1.82, 2.24) is 0 Å². The maximum atomic E-state index is 13.3. The SMILES string of the molecule is Fc1cc(Cl)ccc1O[B]Oc1ccc(Cl)cc1F. The van der Waals surface area contributed by atoms with Crippen LogP contribution in [0.15, 0.2) is 36.4 Å². The third kappa shape index (κ3) is 3.75. The molecule has 0 aliphatic carbocycles. The van der Waals surface area contributed by atoms with Gasteiger partial charge in [0.2, 0.25) is 0 Å². The van der Waals surface area contributed by atoms with E-state index in [9.17, 15) is 8.78 Å². The Hall–Kier alpha value is -1.46. The van der Waals surface area contributed by atoms with E-state index in [2.05, 4.69) is 0 Å². The summed E-state index contributed by atoms with van der Waals surface area (Å²) in [6.45, 7) is 0. The third-order valence-electron chi connectivity index (χ3n) is 2.14. The summed E-state index contributed by atoms with van der Waals surface area (Å²) < 4.78 is 36.5. The summed E-state index contributed by atoms with van der Waals surface area (Å²) in [5, 5.41) is 0.490. The molecule has 0 unspecified atom stereocenters. The van der Waals surface area contributed by atoms with Crippen molar-refractivity contribution < 1.29 is 18.1 Å². The molecule has 0 aliphatic rings. The molecular weight excluding hydrogens is 296 g/mol. The molecule has 0 saturated carbocycles. The molecule has 0 fully saturated rings. The Morgan fingerprint density at radius 1 is 0.789 bits per heavy atom. The molecule has 0 aromatic heterocycles. The molecule has 97 valence electrons. The van der Waals surface area contributed by atoms with Crippen molar-refractivity contribution in [2.24, 2.45) is 0 Å². The second kappa shape index (κ2) is 6.13. The van der Waals surface area contributed by atoms with Crippen LogP contribution in [0.5, 0.6) is 11.5 Å². The van der Waals surface area contributed by atoms with Gasteiger partial charge in [-0.1, -0.05) is 23.2 Å². The number of benzene rings is 2. The summed E-state index contributed by atoms with van der Waals surface area (Å²) in [4.78, 5) is 0. The van der Waals surface area contributed by atoms with Crippen molar-refractivity contribution in [2.75, 3.05) is 0 Å². The normalized spacial score (nSPS) is 10.1. The van der Waals surface area contributed by atoms with Crippen LogP contribution in [0.25, 0.3) is 0 Å². The average molecular weight is 302 g/mol. The smallest absolute Gasteiger partial charge is 0.524 e. The van der Waals surface area contributed by atoms with Crippen LogP contribution in [0.4, 0.5) is 8.78 Å². The predicted molar refractivity (Wildman–Crippen MR) is 69.8 cm³/mol. The number of rotatable bonds is 4. The van der Waals surface area contributed by atoms with Crippen LogP contribution in [0.2, 0.25) is 10.0 Å². The second-order valence-electron chi connectivity index (χ2n) is 3.48. The van der Waals surface area contributed by atoms with Gasteiger partial charge in [-0.25, -0.2) is 8.78 Å². The summed E-state index contributed by atoms with van der Waals surface area (Å²) in [5.74, 6) is -1.47. The standard InChI is InChI=1S/C12H6BCl2F2O2/c14-7-1-3-11(9(16)5-7)18-13-19-12-4-2-8(15)6-10(12)17/h1-6H. The molecule has 0 saturated heterocycles. The van der Waals surface area contributed by atoms with Crippen molar-refractivity contribution in [2.45, 2.75) is 0 Å². The molecule has 0 atom stereocenters. The summed E-state index contributed by atoms with van der Waals surface area (Å²) >= 11 is 11.2. The van der Waals surface area contributed by atoms with Gasteiger partial charge in [0.1, 0.15) is 11.5 Å². The van der Waals surface area contributed by atoms with Crippen LogP contribution in [-0.2, 0) is 0 Å². The van der Waals surface area contributed by atoms with Crippen molar-refractivity contribution in [1.29, 1.82) is 0 Å². The molecule has 1 radical (unpaired) electrons. The zero-order valence-corrected chi connectivity index (χ0v) is 10.9. The number of hydrogen-bond donors (Lipinski definition) is 0. The molecule has 0 bridgehead atoms. The van der Waals surface area contributed by atoms with Gasteiger partial charge in [-0.3, -0.25) is 0 Å². The van der Waals surface area contributed by atoms with Gasteiger partial charge < -0.3 is 9.31 Å². The van der Waals surface area contributed by atoms with E-state index in [-0.39, 0.29) is 21.5 Å². The molecule has 19 heavy (non-hydrogen) atoms. The van der Waals surface area contributed by atoms with E-state index in [1.165, 1.54) is 24.3 Å². The van der Waals surface area contributed by atoms with E-state index in [4.69, 9.17) is 32.5 Å². The monoisotopic (exact) mass is 301 g/mol. The Morgan fingerprint density at radius 3 is 1.58 bits per heavy atom. The van der Waals surface area contributed by atoms with Crippen molar-refractivity contribution >= 4 is 30.9 Å². The Kier molecular flexibility index (Phi) is 4.50. The fraction of sp³-hybridized carbons (Fsp3) is 0. The summed E-state index contributed by atoms with van der Waals surface area (Å²) in [7, 11) is 0.818. The summed E-state index contributed by atoms with van der Waals surface area (Å²) in [6.07, 6.45) is 0. The highest BCUT2D eigenvalue weighted by molar-refractivity contribution is 6.31. The molecule has 0 N–H and O–H groups in total. The quantitative estimate of drug-likeness (QED) is 0.786. The highest BCUT2D eigenvalue weighted by Crippen LogP contribution is 2.23. The summed E-state index contributed by atoms with van der Waals surface area (Å²) in [5.41, 5.74) is 0. The van der Waals surface area contributed by atoms with Crippen LogP contribution in [-0.4, -0.2) is 7.69 Å². The van der Waals surface area contributed by atoms with Gasteiger partial charge in [0.25, 0.3) is 0 Å². The van der Waals surface area contributed by atoms with E-state index in [0.717, 1.165) is 19.8 Å². The Balaban J connectivity index is 1.96. The molecule has 2 rings (SSSR count). The predicted octanol–water partition coefficient (Wildman–Crippen LogP) is 4.26. The molecular formula is C12H6BCl2F2O2. The lowest BCUT2D eigenvalue weighted by atomic mass is 10.3. The number of halogens is 4. The van der Waals surface area contributed by atoms with Crippen molar-refractivity contribution in [3.8, 4) is 11.5 Å². The fourth-order valence-electron chi connectivity index (χ4n) is 1.27. The summed E-state index contributed by atoms with van der Waals surface area (Å²) in [6, 6.07) is 7.75. The first-order valence-corrected chi connectivity index (χ1v) is 5.87. The first-order valence-electron chi connectivity index (χ1n) is 5.11. The van der Waals surface area contributed by atoms with Crippen LogP contribution < -0.4 is 9.31 Å². The Labute approximate surface area is 119 Å². The van der Waals surface area contributed by atoms with Crippen LogP contribution >= 0.6 is 23.2 Å². The van der Waals surface area contributed by atoms with Gasteiger partial charge in [-0.2, -0.15) is 0 Å². The lowest BCUT2D eigenvalue weighted by Gasteiger charge is -2.08. The zero-order chi connectivity index (χ0) is 13.8. The van der Waals surface area contributed by atoms with Gasteiger partial charge in [0, 0.05) is 10.0 Å². The topological polar surface area (TPSA) is 18.5 Å². The molecule has 0 amide bonds. The molecule has 0 heterocycles. The van der Waals surface area contributed by atoms with Crippen LogP contribution in [0.3, 0.4) is 0 Å². The highest BCUT2D eigenvalue weighted by atomic mass is 35.5. The fourth-order valence-corrected chi connectivity index (χ4v) is 1.59. The zero-order valence-electron chi connectivity index (χ0n) is 9.37. The van der Waals surface area contributed by atoms with Gasteiger partial charge in [-0.15, -0.1) is 0 Å². The van der Waals surface area contributed by atoms with E-state index in [1.54, 1.807) is 0 Å². The van der Waals surface area contributed by atoms with Gasteiger partial charge >= 0.3 is 7.69 Å². The van der Waals surface area contributed by atoms with Crippen molar-refractivity contribution in [3.05, 3.63) is 58.1 Å². The molecule has 0 spiro atoms. The molecule has 2 nitrogen and oxygen atoms in total. The number of hydrogen-bond acceptors (Lipinski definition) is 2. The minimum atomic E-state index is -0.649. The minimum Gasteiger partial charge on any atom is -0.524 e. The van der Waals surface area contributed by atoms with E-state index in [1.807, 2.05) is 0 Å². The first kappa shape index (κ1) is 14.0. The van der Waals surface area contributed by atoms with E-state index >= 15 is 0 Å². The third-order valence-corrected chi connectivity index (χ3v) is 2.61. The molecule has 0 aliphatic heterocycles. The lowest BCUT2D eigenvalue weighted by Crippen LogP contribution is -2.12. The minimum absolute atomic E-state index is 0.0845. The van der Waals surface area contributed by atoms with Crippen LogP contribution in [0.1, 0.15) is 0 Å². The van der Waals surface area contributed by atoms with Gasteiger partial charge in [-0.05, 0) is 36.4 Å². The van der Waals surface area contributed by atoms with Crippen molar-refractivity contribution in [3.63, 3.8) is 0 Å². The van der Waals surface area contributed by atoms with Gasteiger partial charge in [0.05, 0.1) is 0 Å². The first-order chi connectivity index (χ1) is 9.06. The molecule has 2 aromatic carbocycles. The lowest BCUT2D eigenvalue weighted by molar-refractivity contribution is 0.421. The second-order valence-corrected chi connectivity index (χ2v) is 4.35. The maximum Gasteiger partial charge on any atom is 0.658 e. The largest absolute Gasteiger partial charge is 0.658 e. The maximum absolute atomic E-state index is 13.3. The Bertz CT molecular complexity index is 544. The van der Waals surface area contributed by atoms with E-state index in [0.29, 0.717) is 0 Å². The van der Waals surface area contributed by atoms with Gasteiger partial charge in [0.15, 0.2) is 11.6 Å².